The van der Waals surface area contributed by atoms with Crippen molar-refractivity contribution in [2.45, 2.75) is 37.6 Å². The third kappa shape index (κ3) is 3.06. The highest BCUT2D eigenvalue weighted by Crippen LogP contribution is 2.30. The molecule has 1 nitrogen and oxygen atoms in total. The number of thioether (sulfide) groups is 1. The molecule has 18 heavy (non-hydrogen) atoms. The van der Waals surface area contributed by atoms with Gasteiger partial charge in [0.2, 0.25) is 0 Å². The Morgan fingerprint density at radius 1 is 1.00 bits per heavy atom. The molecule has 2 aromatic rings. The number of hydrogen-bond acceptors (Lipinski definition) is 2. The van der Waals surface area contributed by atoms with Crippen LogP contribution >= 0.6 is 11.8 Å². The molecule has 0 unspecified atom stereocenters. The quantitative estimate of drug-likeness (QED) is 0.607. The summed E-state index contributed by atoms with van der Waals surface area (Å²) in [5.41, 5.74) is 7.04. The average molecular weight is 259 g/mol. The van der Waals surface area contributed by atoms with Crippen LogP contribution in [-0.2, 0) is 6.54 Å². The minimum Gasteiger partial charge on any atom is -0.326 e. The van der Waals surface area contributed by atoms with E-state index in [2.05, 4.69) is 43.3 Å². The second-order valence-corrected chi connectivity index (χ2v) is 5.66. The summed E-state index contributed by atoms with van der Waals surface area (Å²) in [5.74, 6) is 1.21. The van der Waals surface area contributed by atoms with E-state index in [1.54, 1.807) is 0 Å². The first-order valence-electron chi connectivity index (χ1n) is 6.70. The molecule has 0 bridgehead atoms. The van der Waals surface area contributed by atoms with Gasteiger partial charge in [-0.2, -0.15) is 0 Å². The maximum absolute atomic E-state index is 5.80. The summed E-state index contributed by atoms with van der Waals surface area (Å²) in [6.07, 6.45) is 3.91. The molecule has 0 radical (unpaired) electrons. The Labute approximate surface area is 114 Å². The summed E-state index contributed by atoms with van der Waals surface area (Å²) in [7, 11) is 0. The van der Waals surface area contributed by atoms with Gasteiger partial charge in [0.25, 0.3) is 0 Å². The van der Waals surface area contributed by atoms with Crippen LogP contribution in [0.4, 0.5) is 0 Å². The lowest BCUT2D eigenvalue weighted by Gasteiger charge is -2.09. The molecule has 0 aliphatic heterocycles. The highest BCUT2D eigenvalue weighted by molar-refractivity contribution is 7.99. The number of rotatable bonds is 6. The normalized spacial score (nSPS) is 11.0. The largest absolute Gasteiger partial charge is 0.326 e. The molecular formula is C16H21NS. The van der Waals surface area contributed by atoms with Crippen molar-refractivity contribution >= 4 is 22.5 Å². The van der Waals surface area contributed by atoms with Crippen LogP contribution in [0.25, 0.3) is 10.8 Å². The molecule has 96 valence electrons. The van der Waals surface area contributed by atoms with Gasteiger partial charge in [0.1, 0.15) is 0 Å². The third-order valence-corrected chi connectivity index (χ3v) is 4.36. The number of unbranched alkanes of at least 4 members (excludes halogenated alkanes) is 2. The van der Waals surface area contributed by atoms with Crippen molar-refractivity contribution in [2.75, 3.05) is 5.75 Å². The van der Waals surface area contributed by atoms with Gasteiger partial charge in [0.05, 0.1) is 0 Å². The van der Waals surface area contributed by atoms with Crippen LogP contribution in [0.5, 0.6) is 0 Å². The Morgan fingerprint density at radius 2 is 1.78 bits per heavy atom. The van der Waals surface area contributed by atoms with E-state index in [9.17, 15) is 0 Å². The standard InChI is InChI=1S/C16H21NS/c1-2-3-6-11-18-16-10-9-13(12-17)14-7-4-5-8-15(14)16/h4-5,7-10H,2-3,6,11-12,17H2,1H3. The second-order valence-electron chi connectivity index (χ2n) is 4.53. The summed E-state index contributed by atoms with van der Waals surface area (Å²) in [5, 5.41) is 2.66. The van der Waals surface area contributed by atoms with Gasteiger partial charge in [-0.05, 0) is 34.6 Å². The topological polar surface area (TPSA) is 26.0 Å². The van der Waals surface area contributed by atoms with E-state index in [4.69, 9.17) is 5.73 Å². The fourth-order valence-corrected chi connectivity index (χ4v) is 3.24. The van der Waals surface area contributed by atoms with Crippen LogP contribution in [0.1, 0.15) is 31.7 Å². The first-order valence-corrected chi connectivity index (χ1v) is 7.69. The van der Waals surface area contributed by atoms with Gasteiger partial charge in [-0.1, -0.05) is 50.1 Å². The lowest BCUT2D eigenvalue weighted by Crippen LogP contribution is -1.97. The molecule has 0 atom stereocenters. The molecule has 0 amide bonds. The van der Waals surface area contributed by atoms with Crippen LogP contribution in [0.3, 0.4) is 0 Å². The SMILES string of the molecule is CCCCCSc1ccc(CN)c2ccccc12. The first kappa shape index (κ1) is 13.4. The van der Waals surface area contributed by atoms with E-state index >= 15 is 0 Å². The van der Waals surface area contributed by atoms with Crippen LogP contribution in [0.2, 0.25) is 0 Å². The molecule has 0 saturated heterocycles. The van der Waals surface area contributed by atoms with Gasteiger partial charge in [-0.15, -0.1) is 11.8 Å². The van der Waals surface area contributed by atoms with Gasteiger partial charge in [0.15, 0.2) is 0 Å². The monoisotopic (exact) mass is 259 g/mol. The molecule has 2 heteroatoms. The summed E-state index contributed by atoms with van der Waals surface area (Å²) in [6, 6.07) is 13.0. The minimum atomic E-state index is 0.612. The molecular weight excluding hydrogens is 238 g/mol. The van der Waals surface area contributed by atoms with Crippen molar-refractivity contribution in [3.8, 4) is 0 Å². The average Bonchev–Trinajstić information content (AvgIpc) is 2.43. The summed E-state index contributed by atoms with van der Waals surface area (Å²) < 4.78 is 0. The molecule has 2 rings (SSSR count). The number of nitrogens with two attached hydrogens (primary N) is 1. The van der Waals surface area contributed by atoms with Crippen molar-refractivity contribution in [2.24, 2.45) is 5.73 Å². The van der Waals surface area contributed by atoms with E-state index in [-0.39, 0.29) is 0 Å². The maximum atomic E-state index is 5.80. The maximum Gasteiger partial charge on any atom is 0.0184 e. The van der Waals surface area contributed by atoms with Crippen molar-refractivity contribution in [1.82, 2.24) is 0 Å². The smallest absolute Gasteiger partial charge is 0.0184 e. The fraction of sp³-hybridized carbons (Fsp3) is 0.375. The Morgan fingerprint density at radius 3 is 2.50 bits per heavy atom. The predicted molar refractivity (Wildman–Crippen MR) is 82.1 cm³/mol. The Balaban J connectivity index is 2.23. The highest BCUT2D eigenvalue weighted by Gasteiger charge is 2.04. The van der Waals surface area contributed by atoms with Gasteiger partial charge in [0, 0.05) is 11.4 Å². The molecule has 0 aliphatic carbocycles. The lowest BCUT2D eigenvalue weighted by atomic mass is 10.0. The van der Waals surface area contributed by atoms with Crippen LogP contribution < -0.4 is 5.73 Å². The van der Waals surface area contributed by atoms with Crippen molar-refractivity contribution in [3.05, 3.63) is 42.0 Å². The van der Waals surface area contributed by atoms with Gasteiger partial charge in [-0.3, -0.25) is 0 Å². The number of fused-ring (bicyclic) bond motifs is 1. The van der Waals surface area contributed by atoms with E-state index in [0.717, 1.165) is 0 Å². The lowest BCUT2D eigenvalue weighted by molar-refractivity contribution is 0.778. The van der Waals surface area contributed by atoms with Crippen LogP contribution in [0.15, 0.2) is 41.3 Å². The number of benzene rings is 2. The van der Waals surface area contributed by atoms with Crippen molar-refractivity contribution in [3.63, 3.8) is 0 Å². The third-order valence-electron chi connectivity index (χ3n) is 3.20. The van der Waals surface area contributed by atoms with Crippen LogP contribution in [0, 0.1) is 0 Å². The van der Waals surface area contributed by atoms with Gasteiger partial charge >= 0.3 is 0 Å². The Bertz CT molecular complexity index is 507. The Kier molecular flexibility index (Phi) is 5.09. The van der Waals surface area contributed by atoms with Crippen molar-refractivity contribution < 1.29 is 0 Å². The zero-order valence-corrected chi connectivity index (χ0v) is 11.8. The molecule has 0 aromatic heterocycles. The van der Waals surface area contributed by atoms with Crippen molar-refractivity contribution in [1.29, 1.82) is 0 Å². The molecule has 0 fully saturated rings. The van der Waals surface area contributed by atoms with E-state index in [1.807, 2.05) is 11.8 Å². The van der Waals surface area contributed by atoms with Crippen LogP contribution in [-0.4, -0.2) is 5.75 Å². The van der Waals surface area contributed by atoms with Gasteiger partial charge in [-0.25, -0.2) is 0 Å². The molecule has 0 spiro atoms. The molecule has 0 saturated carbocycles. The number of hydrogen-bond donors (Lipinski definition) is 1. The minimum absolute atomic E-state index is 0.612. The zero-order valence-electron chi connectivity index (χ0n) is 11.0. The predicted octanol–water partition coefficient (Wildman–Crippen LogP) is 4.58. The van der Waals surface area contributed by atoms with E-state index in [0.29, 0.717) is 6.54 Å². The Hall–Kier alpha value is -0.990. The summed E-state index contributed by atoms with van der Waals surface area (Å²) in [6.45, 7) is 2.86. The zero-order chi connectivity index (χ0) is 12.8. The highest BCUT2D eigenvalue weighted by atomic mass is 32.2. The summed E-state index contributed by atoms with van der Waals surface area (Å²) >= 11 is 1.97. The molecule has 2 aromatic carbocycles. The second kappa shape index (κ2) is 6.81. The molecule has 0 aliphatic rings. The van der Waals surface area contributed by atoms with E-state index < -0.39 is 0 Å². The van der Waals surface area contributed by atoms with Gasteiger partial charge < -0.3 is 5.73 Å². The fourth-order valence-electron chi connectivity index (χ4n) is 2.17. The summed E-state index contributed by atoms with van der Waals surface area (Å²) in [4.78, 5) is 1.39. The first-order chi connectivity index (χ1) is 8.86. The van der Waals surface area contributed by atoms with E-state index in [1.165, 1.54) is 46.2 Å². The molecule has 0 heterocycles. The molecule has 2 N–H and O–H groups in total.